The molecule has 1 N–H and O–H groups in total. The third-order valence-corrected chi connectivity index (χ3v) is 7.49. The highest BCUT2D eigenvalue weighted by Crippen LogP contribution is 2.34. The van der Waals surface area contributed by atoms with Crippen molar-refractivity contribution < 1.29 is 9.26 Å². The highest BCUT2D eigenvalue weighted by molar-refractivity contribution is 7.12. The zero-order valence-electron chi connectivity index (χ0n) is 20.5. The summed E-state index contributed by atoms with van der Waals surface area (Å²) in [4.78, 5) is 7.51. The van der Waals surface area contributed by atoms with Gasteiger partial charge in [0, 0.05) is 10.9 Å². The first-order chi connectivity index (χ1) is 16.6. The lowest BCUT2D eigenvalue weighted by Gasteiger charge is -2.31. The van der Waals surface area contributed by atoms with Crippen molar-refractivity contribution in [2.45, 2.75) is 52.0 Å². The molecule has 0 bridgehead atoms. The summed E-state index contributed by atoms with van der Waals surface area (Å²) in [7, 11) is 3.75. The highest BCUT2D eigenvalue weighted by Gasteiger charge is 2.24. The van der Waals surface area contributed by atoms with Gasteiger partial charge in [-0.2, -0.15) is 5.26 Å². The average Bonchev–Trinajstić information content (AvgIpc) is 3.41. The van der Waals surface area contributed by atoms with Gasteiger partial charge < -0.3 is 14.6 Å². The van der Waals surface area contributed by atoms with E-state index in [9.17, 15) is 0 Å². The molecular weight excluding hydrogens is 446 g/mol. The van der Waals surface area contributed by atoms with Crippen molar-refractivity contribution in [1.29, 1.82) is 5.26 Å². The lowest BCUT2D eigenvalue weighted by molar-refractivity contribution is 0.172. The minimum Gasteiger partial charge on any atom is -0.493 e. The number of ether oxygens (including phenoxy) is 1. The van der Waals surface area contributed by atoms with E-state index in [1.54, 1.807) is 6.20 Å². The van der Waals surface area contributed by atoms with Crippen LogP contribution in [-0.2, 0) is 13.0 Å². The largest absolute Gasteiger partial charge is 0.493 e. The Labute approximate surface area is 206 Å². The van der Waals surface area contributed by atoms with Gasteiger partial charge in [-0.15, -0.1) is 11.3 Å². The van der Waals surface area contributed by atoms with Crippen LogP contribution in [-0.4, -0.2) is 48.8 Å². The molecule has 3 heterocycles. The summed E-state index contributed by atoms with van der Waals surface area (Å²) in [5, 5.41) is 18.3. The fourth-order valence-corrected chi connectivity index (χ4v) is 5.16. The number of hydrogen-bond donors (Lipinski definition) is 1. The number of fused-ring (bicyclic) bond motifs is 1. The van der Waals surface area contributed by atoms with Gasteiger partial charge in [0.05, 0.1) is 25.0 Å². The lowest BCUT2D eigenvalue weighted by atomic mass is 9.91. The van der Waals surface area contributed by atoms with Gasteiger partial charge in [0.25, 0.3) is 0 Å². The molecule has 1 aromatic carbocycles. The van der Waals surface area contributed by atoms with Gasteiger partial charge in [-0.05, 0) is 96.6 Å². The SMILES string of the molecule is CNC.Cc1c(OCC2CC2)ccc2c(CCC3CCN(Cc4ncc(C#N)s4)CC3)noc12. The van der Waals surface area contributed by atoms with Gasteiger partial charge in [0.1, 0.15) is 21.7 Å². The van der Waals surface area contributed by atoms with E-state index in [-0.39, 0.29) is 0 Å². The van der Waals surface area contributed by atoms with Crippen LogP contribution in [0.25, 0.3) is 11.0 Å². The van der Waals surface area contributed by atoms with Crippen molar-refractivity contribution in [3.8, 4) is 11.8 Å². The Morgan fingerprint density at radius 3 is 2.65 bits per heavy atom. The molecule has 182 valence electrons. The summed E-state index contributed by atoms with van der Waals surface area (Å²) in [5.74, 6) is 2.39. The third kappa shape index (κ3) is 6.35. The van der Waals surface area contributed by atoms with Crippen molar-refractivity contribution in [1.82, 2.24) is 20.4 Å². The fraction of sp³-hybridized carbons (Fsp3) is 0.577. The van der Waals surface area contributed by atoms with Crippen molar-refractivity contribution in [3.05, 3.63) is 39.5 Å². The van der Waals surface area contributed by atoms with E-state index in [1.807, 2.05) is 14.1 Å². The highest BCUT2D eigenvalue weighted by atomic mass is 32.1. The Hall–Kier alpha value is -2.47. The van der Waals surface area contributed by atoms with E-state index in [0.717, 1.165) is 83.9 Å². The molecule has 0 spiro atoms. The first-order valence-corrected chi connectivity index (χ1v) is 13.1. The smallest absolute Gasteiger partial charge is 0.173 e. The zero-order chi connectivity index (χ0) is 23.9. The van der Waals surface area contributed by atoms with E-state index in [0.29, 0.717) is 4.88 Å². The van der Waals surface area contributed by atoms with Crippen LogP contribution in [0.3, 0.4) is 0 Å². The van der Waals surface area contributed by atoms with Gasteiger partial charge in [0.15, 0.2) is 5.58 Å². The molecule has 1 saturated carbocycles. The Balaban J connectivity index is 0.000000868. The second-order valence-corrected chi connectivity index (χ2v) is 10.6. The van der Waals surface area contributed by atoms with Crippen LogP contribution in [0, 0.1) is 30.1 Å². The quantitative estimate of drug-likeness (QED) is 0.488. The lowest BCUT2D eigenvalue weighted by Crippen LogP contribution is -2.33. The minimum absolute atomic E-state index is 0.696. The molecular formula is C26H35N5O2S. The van der Waals surface area contributed by atoms with Crippen LogP contribution >= 0.6 is 11.3 Å². The maximum atomic E-state index is 8.96. The second kappa shape index (κ2) is 11.8. The van der Waals surface area contributed by atoms with Crippen LogP contribution in [0.15, 0.2) is 22.9 Å². The number of benzene rings is 1. The van der Waals surface area contributed by atoms with E-state index in [1.165, 1.54) is 37.0 Å². The number of nitriles is 1. The normalized spacial score (nSPS) is 16.8. The molecule has 0 radical (unpaired) electrons. The number of thiazole rings is 1. The summed E-state index contributed by atoms with van der Waals surface area (Å²) >= 11 is 1.50. The van der Waals surface area contributed by atoms with Gasteiger partial charge in [-0.3, -0.25) is 4.90 Å². The Morgan fingerprint density at radius 2 is 1.97 bits per heavy atom. The molecule has 0 amide bonds. The molecule has 8 heteroatoms. The summed E-state index contributed by atoms with van der Waals surface area (Å²) in [6, 6.07) is 6.36. The number of nitrogens with zero attached hydrogens (tertiary/aromatic N) is 4. The number of likely N-dealkylation sites (tertiary alicyclic amines) is 1. The molecule has 2 fully saturated rings. The van der Waals surface area contributed by atoms with Gasteiger partial charge in [-0.25, -0.2) is 4.98 Å². The second-order valence-electron chi connectivity index (χ2n) is 9.44. The first kappa shape index (κ1) is 24.6. The van der Waals surface area contributed by atoms with Crippen molar-refractivity contribution in [2.75, 3.05) is 33.8 Å². The Kier molecular flexibility index (Phi) is 8.54. The topological polar surface area (TPSA) is 87.2 Å². The van der Waals surface area contributed by atoms with E-state index in [4.69, 9.17) is 14.5 Å². The minimum atomic E-state index is 0.696. The molecule has 2 aromatic heterocycles. The van der Waals surface area contributed by atoms with Crippen molar-refractivity contribution >= 4 is 22.3 Å². The molecule has 0 atom stereocenters. The molecule has 5 rings (SSSR count). The van der Waals surface area contributed by atoms with Crippen LogP contribution < -0.4 is 10.1 Å². The first-order valence-electron chi connectivity index (χ1n) is 12.3. The predicted molar refractivity (Wildman–Crippen MR) is 135 cm³/mol. The fourth-order valence-electron chi connectivity index (χ4n) is 4.40. The molecule has 2 aliphatic rings. The van der Waals surface area contributed by atoms with Crippen LogP contribution in [0.1, 0.15) is 53.2 Å². The summed E-state index contributed by atoms with van der Waals surface area (Å²) in [5.41, 5.74) is 3.01. The van der Waals surface area contributed by atoms with Crippen LogP contribution in [0.2, 0.25) is 0 Å². The number of piperidine rings is 1. The number of nitrogens with one attached hydrogen (secondary N) is 1. The maximum Gasteiger partial charge on any atom is 0.173 e. The number of aryl methyl sites for hydroxylation is 2. The van der Waals surface area contributed by atoms with Crippen LogP contribution in [0.5, 0.6) is 5.75 Å². The van der Waals surface area contributed by atoms with E-state index < -0.39 is 0 Å². The number of rotatable bonds is 8. The molecule has 34 heavy (non-hydrogen) atoms. The zero-order valence-corrected chi connectivity index (χ0v) is 21.3. The standard InChI is InChI=1S/C24H28N4O2S.C2H7N/c1-16-22(29-15-18-2-3-18)7-5-20-21(27-30-24(16)20)6-4-17-8-10-28(11-9-17)14-23-26-13-19(12-25)31-23;1-3-2/h5,7,13,17-18H,2-4,6,8-11,14-15H2,1H3;3H,1-2H3. The van der Waals surface area contributed by atoms with E-state index in [2.05, 4.69) is 45.5 Å². The maximum absolute atomic E-state index is 8.96. The summed E-state index contributed by atoms with van der Waals surface area (Å²) in [6.07, 6.45) is 8.76. The van der Waals surface area contributed by atoms with Gasteiger partial charge in [-0.1, -0.05) is 5.16 Å². The molecule has 1 saturated heterocycles. The average molecular weight is 482 g/mol. The summed E-state index contributed by atoms with van der Waals surface area (Å²) < 4.78 is 11.7. The number of aromatic nitrogens is 2. The van der Waals surface area contributed by atoms with Crippen molar-refractivity contribution in [3.63, 3.8) is 0 Å². The summed E-state index contributed by atoms with van der Waals surface area (Å²) in [6.45, 7) is 5.92. The Morgan fingerprint density at radius 1 is 1.21 bits per heavy atom. The van der Waals surface area contributed by atoms with Crippen LogP contribution in [0.4, 0.5) is 0 Å². The molecule has 0 unspecified atom stereocenters. The Bertz CT molecular complexity index is 1110. The molecule has 7 nitrogen and oxygen atoms in total. The van der Waals surface area contributed by atoms with Crippen molar-refractivity contribution in [2.24, 2.45) is 11.8 Å². The van der Waals surface area contributed by atoms with E-state index >= 15 is 0 Å². The van der Waals surface area contributed by atoms with Gasteiger partial charge >= 0.3 is 0 Å². The molecule has 1 aliphatic carbocycles. The third-order valence-electron chi connectivity index (χ3n) is 6.60. The molecule has 3 aromatic rings. The van der Waals surface area contributed by atoms with Gasteiger partial charge in [0.2, 0.25) is 0 Å². The monoisotopic (exact) mass is 481 g/mol. The predicted octanol–water partition coefficient (Wildman–Crippen LogP) is 4.93. The number of hydrogen-bond acceptors (Lipinski definition) is 8. The molecule has 1 aliphatic heterocycles.